The van der Waals surface area contributed by atoms with E-state index < -0.39 is 0 Å². The van der Waals surface area contributed by atoms with Crippen LogP contribution in [0.4, 0.5) is 0 Å². The first-order valence-corrected chi connectivity index (χ1v) is 5.18. The third-order valence-corrected chi connectivity index (χ3v) is 2.85. The van der Waals surface area contributed by atoms with E-state index in [0.717, 1.165) is 5.92 Å². The third-order valence-electron chi connectivity index (χ3n) is 1.32. The molecule has 0 heterocycles. The van der Waals surface area contributed by atoms with Gasteiger partial charge >= 0.3 is 0 Å². The molecular formula is C7H15ClS. The molecule has 1 unspecified atom stereocenters. The zero-order chi connectivity index (χ0) is 7.28. The van der Waals surface area contributed by atoms with Crippen LogP contribution in [0.25, 0.3) is 0 Å². The molecule has 0 spiro atoms. The van der Waals surface area contributed by atoms with E-state index in [1.165, 1.54) is 23.8 Å². The van der Waals surface area contributed by atoms with Gasteiger partial charge < -0.3 is 0 Å². The van der Waals surface area contributed by atoms with E-state index in [-0.39, 0.29) is 0 Å². The van der Waals surface area contributed by atoms with E-state index >= 15 is 0 Å². The lowest BCUT2D eigenvalue weighted by Crippen LogP contribution is -2.02. The fraction of sp³-hybridized carbons (Fsp3) is 1.00. The third kappa shape index (κ3) is 5.10. The second kappa shape index (κ2) is 5.43. The predicted molar refractivity (Wildman–Crippen MR) is 47.0 cm³/mol. The van der Waals surface area contributed by atoms with E-state index in [9.17, 15) is 0 Å². The van der Waals surface area contributed by atoms with Crippen LogP contribution in [0.5, 0.6) is 0 Å². The Morgan fingerprint density at radius 1 is 1.44 bits per heavy atom. The van der Waals surface area contributed by atoms with Crippen molar-refractivity contribution in [3.63, 3.8) is 0 Å². The monoisotopic (exact) mass is 166 g/mol. The Kier molecular flexibility index (Phi) is 5.81. The molecule has 9 heavy (non-hydrogen) atoms. The van der Waals surface area contributed by atoms with Gasteiger partial charge in [0.15, 0.2) is 0 Å². The number of halogens is 1. The minimum absolute atomic E-state index is 0.659. The molecule has 0 aromatic rings. The van der Waals surface area contributed by atoms with Crippen molar-refractivity contribution in [2.45, 2.75) is 38.9 Å². The Balaban J connectivity index is 3.31. The van der Waals surface area contributed by atoms with Crippen LogP contribution >= 0.6 is 21.7 Å². The molecule has 0 saturated carbocycles. The van der Waals surface area contributed by atoms with Gasteiger partial charge in [-0.25, -0.2) is 0 Å². The second-order valence-corrected chi connectivity index (χ2v) is 4.13. The quantitative estimate of drug-likeness (QED) is 0.614. The summed E-state index contributed by atoms with van der Waals surface area (Å²) >= 11 is 0. The molecule has 0 aliphatic heterocycles. The number of hydrogen-bond donors (Lipinski definition) is 0. The summed E-state index contributed by atoms with van der Waals surface area (Å²) in [6, 6.07) is 0. The standard InChI is InChI=1S/C7H15ClS/c1-4-7(9-8)5-6(2)3/h6-7H,4-5H2,1-3H3. The van der Waals surface area contributed by atoms with Crippen LogP contribution in [0.3, 0.4) is 0 Å². The van der Waals surface area contributed by atoms with Gasteiger partial charge in [0.2, 0.25) is 0 Å². The zero-order valence-corrected chi connectivity index (χ0v) is 7.93. The van der Waals surface area contributed by atoms with Gasteiger partial charge in [-0.05, 0) is 29.4 Å². The Morgan fingerprint density at radius 2 is 2.00 bits per heavy atom. The molecule has 0 fully saturated rings. The normalized spacial score (nSPS) is 14.3. The summed E-state index contributed by atoms with van der Waals surface area (Å²) in [6.07, 6.45) is 2.43. The van der Waals surface area contributed by atoms with Gasteiger partial charge in [-0.15, -0.1) is 0 Å². The van der Waals surface area contributed by atoms with Crippen LogP contribution in [0.15, 0.2) is 0 Å². The molecule has 2 heteroatoms. The minimum atomic E-state index is 0.659. The average Bonchev–Trinajstić information content (AvgIpc) is 1.82. The van der Waals surface area contributed by atoms with Crippen LogP contribution in [0.2, 0.25) is 0 Å². The molecule has 0 bridgehead atoms. The van der Waals surface area contributed by atoms with Crippen LogP contribution in [0, 0.1) is 5.92 Å². The molecule has 0 N–H and O–H groups in total. The zero-order valence-electron chi connectivity index (χ0n) is 6.36. The highest BCUT2D eigenvalue weighted by molar-refractivity contribution is 8.21. The highest BCUT2D eigenvalue weighted by Gasteiger charge is 2.06. The van der Waals surface area contributed by atoms with Gasteiger partial charge in [0.05, 0.1) is 0 Å². The molecule has 0 rings (SSSR count). The van der Waals surface area contributed by atoms with Crippen LogP contribution < -0.4 is 0 Å². The van der Waals surface area contributed by atoms with Crippen molar-refractivity contribution in [2.75, 3.05) is 0 Å². The second-order valence-electron chi connectivity index (χ2n) is 2.75. The lowest BCUT2D eigenvalue weighted by molar-refractivity contribution is 0.562. The van der Waals surface area contributed by atoms with Gasteiger partial charge in [-0.2, -0.15) is 0 Å². The lowest BCUT2D eigenvalue weighted by Gasteiger charge is -2.11. The molecular weight excluding hydrogens is 152 g/mol. The summed E-state index contributed by atoms with van der Waals surface area (Å²) in [7, 11) is 7.10. The molecule has 0 aromatic carbocycles. The molecule has 0 saturated heterocycles. The van der Waals surface area contributed by atoms with Gasteiger partial charge in [0.1, 0.15) is 0 Å². The molecule has 0 radical (unpaired) electrons. The van der Waals surface area contributed by atoms with Gasteiger partial charge in [-0.1, -0.05) is 31.7 Å². The summed E-state index contributed by atoms with van der Waals surface area (Å²) in [5.74, 6) is 0.779. The van der Waals surface area contributed by atoms with Crippen molar-refractivity contribution < 1.29 is 0 Å². The summed E-state index contributed by atoms with van der Waals surface area (Å²) in [5, 5.41) is 0.659. The molecule has 0 amide bonds. The minimum Gasteiger partial charge on any atom is -0.0643 e. The van der Waals surface area contributed by atoms with Crippen molar-refractivity contribution in [2.24, 2.45) is 5.92 Å². The lowest BCUT2D eigenvalue weighted by atomic mass is 10.1. The summed E-state index contributed by atoms with van der Waals surface area (Å²) < 4.78 is 0. The molecule has 1 atom stereocenters. The van der Waals surface area contributed by atoms with Gasteiger partial charge in [0.25, 0.3) is 0 Å². The highest BCUT2D eigenvalue weighted by atomic mass is 35.7. The maximum absolute atomic E-state index is 5.63. The van der Waals surface area contributed by atoms with E-state index in [1.54, 1.807) is 0 Å². The van der Waals surface area contributed by atoms with Gasteiger partial charge in [0, 0.05) is 5.25 Å². The van der Waals surface area contributed by atoms with E-state index in [4.69, 9.17) is 10.7 Å². The Labute approximate surface area is 66.9 Å². The fourth-order valence-electron chi connectivity index (χ4n) is 0.792. The van der Waals surface area contributed by atoms with Crippen molar-refractivity contribution in [3.8, 4) is 0 Å². The molecule has 0 aromatic heterocycles. The average molecular weight is 167 g/mol. The Hall–Kier alpha value is 0.640. The molecule has 0 aliphatic rings. The summed E-state index contributed by atoms with van der Waals surface area (Å²) in [4.78, 5) is 0. The first-order valence-electron chi connectivity index (χ1n) is 3.48. The van der Waals surface area contributed by atoms with E-state index in [1.807, 2.05) is 0 Å². The van der Waals surface area contributed by atoms with Crippen LogP contribution in [-0.2, 0) is 0 Å². The number of hydrogen-bond acceptors (Lipinski definition) is 1. The van der Waals surface area contributed by atoms with Crippen molar-refractivity contribution in [1.82, 2.24) is 0 Å². The van der Waals surface area contributed by atoms with Crippen LogP contribution in [0.1, 0.15) is 33.6 Å². The largest absolute Gasteiger partial charge is 0.0643 e. The Morgan fingerprint density at radius 3 is 2.11 bits per heavy atom. The van der Waals surface area contributed by atoms with E-state index in [0.29, 0.717) is 5.25 Å². The summed E-state index contributed by atoms with van der Waals surface area (Å²) in [5.41, 5.74) is 0. The van der Waals surface area contributed by atoms with Crippen molar-refractivity contribution in [1.29, 1.82) is 0 Å². The maximum atomic E-state index is 5.63. The summed E-state index contributed by atoms with van der Waals surface area (Å²) in [6.45, 7) is 6.65. The molecule has 0 aliphatic carbocycles. The molecule has 0 nitrogen and oxygen atoms in total. The van der Waals surface area contributed by atoms with Crippen molar-refractivity contribution in [3.05, 3.63) is 0 Å². The predicted octanol–water partition coefficient (Wildman–Crippen LogP) is 3.70. The first-order chi connectivity index (χ1) is 4.20. The maximum Gasteiger partial charge on any atom is 0.0199 e. The van der Waals surface area contributed by atoms with Gasteiger partial charge in [-0.3, -0.25) is 0 Å². The Bertz CT molecular complexity index is 59.9. The fourth-order valence-corrected chi connectivity index (χ4v) is 1.97. The van der Waals surface area contributed by atoms with Crippen molar-refractivity contribution >= 4 is 21.7 Å². The van der Waals surface area contributed by atoms with E-state index in [2.05, 4.69) is 20.8 Å². The first kappa shape index (κ1) is 9.64. The topological polar surface area (TPSA) is 0 Å². The molecule has 56 valence electrons. The smallest absolute Gasteiger partial charge is 0.0199 e. The highest BCUT2D eigenvalue weighted by Crippen LogP contribution is 2.24. The SMILES string of the molecule is CCC(CC(C)C)SCl. The number of rotatable bonds is 4. The van der Waals surface area contributed by atoms with Crippen LogP contribution in [-0.4, -0.2) is 5.25 Å².